The molecule has 8 heteroatoms. The summed E-state index contributed by atoms with van der Waals surface area (Å²) >= 11 is 0. The Balaban J connectivity index is 1.44. The number of benzene rings is 2. The van der Waals surface area contributed by atoms with Gasteiger partial charge in [0, 0.05) is 18.7 Å². The number of para-hydroxylation sites is 3. The van der Waals surface area contributed by atoms with Gasteiger partial charge in [0.25, 0.3) is 5.91 Å². The molecule has 172 valence electrons. The predicted octanol–water partition coefficient (Wildman–Crippen LogP) is 2.91. The van der Waals surface area contributed by atoms with Crippen LogP contribution in [0.25, 0.3) is 0 Å². The molecular weight excluding hydrogens is 422 g/mol. The van der Waals surface area contributed by atoms with Crippen molar-refractivity contribution in [1.82, 2.24) is 0 Å². The van der Waals surface area contributed by atoms with E-state index in [1.165, 1.54) is 4.90 Å². The summed E-state index contributed by atoms with van der Waals surface area (Å²) in [6.07, 6.45) is 0.801. The average Bonchev–Trinajstić information content (AvgIpc) is 3.19. The van der Waals surface area contributed by atoms with Gasteiger partial charge in [0.05, 0.1) is 17.3 Å². The lowest BCUT2D eigenvalue weighted by molar-refractivity contribution is -0.152. The third-order valence-electron chi connectivity index (χ3n) is 6.22. The zero-order chi connectivity index (χ0) is 23.8. The van der Waals surface area contributed by atoms with E-state index in [2.05, 4.69) is 5.32 Å². The molecule has 1 saturated heterocycles. The van der Waals surface area contributed by atoms with Crippen molar-refractivity contribution in [3.05, 3.63) is 54.1 Å². The Morgan fingerprint density at radius 2 is 1.73 bits per heavy atom. The van der Waals surface area contributed by atoms with Crippen LogP contribution in [0.15, 0.2) is 48.5 Å². The molecular formula is C25H27N3O5. The number of aryl methyl sites for hydroxylation is 1. The number of carbonyl (C=O) groups is 4. The van der Waals surface area contributed by atoms with E-state index in [1.807, 2.05) is 31.2 Å². The van der Waals surface area contributed by atoms with Crippen LogP contribution in [0.3, 0.4) is 0 Å². The number of rotatable bonds is 5. The van der Waals surface area contributed by atoms with Gasteiger partial charge < -0.3 is 15.0 Å². The fourth-order valence-electron chi connectivity index (χ4n) is 4.39. The Labute approximate surface area is 192 Å². The first-order chi connectivity index (χ1) is 15.7. The van der Waals surface area contributed by atoms with Gasteiger partial charge >= 0.3 is 5.97 Å². The Hall–Kier alpha value is -3.68. The fourth-order valence-corrected chi connectivity index (χ4v) is 4.39. The van der Waals surface area contributed by atoms with E-state index in [0.717, 1.165) is 17.7 Å². The fraction of sp³-hybridized carbons (Fsp3) is 0.360. The number of nitrogens with one attached hydrogen (secondary N) is 1. The number of anilines is 3. The SMILES string of the molecule is CCc1ccccc1N1C[C@H](C(=O)OCC(=O)N2c3ccccc3NC(=O)C2(C)C)CC1=O. The van der Waals surface area contributed by atoms with Gasteiger partial charge in [-0.1, -0.05) is 37.3 Å². The molecule has 2 aromatic carbocycles. The normalized spacial score (nSPS) is 19.2. The maximum atomic E-state index is 13.1. The van der Waals surface area contributed by atoms with E-state index in [1.54, 1.807) is 43.0 Å². The van der Waals surface area contributed by atoms with Crippen LogP contribution in [0, 0.1) is 5.92 Å². The highest BCUT2D eigenvalue weighted by Crippen LogP contribution is 2.37. The molecule has 1 N–H and O–H groups in total. The quantitative estimate of drug-likeness (QED) is 0.708. The molecule has 2 aliphatic rings. The number of hydrogen-bond donors (Lipinski definition) is 1. The smallest absolute Gasteiger partial charge is 0.311 e. The molecule has 0 bridgehead atoms. The van der Waals surface area contributed by atoms with Crippen molar-refractivity contribution in [2.75, 3.05) is 28.3 Å². The summed E-state index contributed by atoms with van der Waals surface area (Å²) in [5.74, 6) is -2.23. The first kappa shape index (κ1) is 22.5. The van der Waals surface area contributed by atoms with Gasteiger partial charge in [0.1, 0.15) is 5.54 Å². The Bertz CT molecular complexity index is 1130. The van der Waals surface area contributed by atoms with E-state index >= 15 is 0 Å². The number of carbonyl (C=O) groups excluding carboxylic acids is 4. The maximum absolute atomic E-state index is 13.1. The molecule has 0 saturated carbocycles. The lowest BCUT2D eigenvalue weighted by atomic mass is 9.96. The van der Waals surface area contributed by atoms with Gasteiger partial charge in [-0.2, -0.15) is 0 Å². The molecule has 2 aromatic rings. The summed E-state index contributed by atoms with van der Waals surface area (Å²) in [6, 6.07) is 14.6. The van der Waals surface area contributed by atoms with Gasteiger partial charge in [-0.25, -0.2) is 0 Å². The van der Waals surface area contributed by atoms with Crippen LogP contribution in [0.1, 0.15) is 32.8 Å². The molecule has 33 heavy (non-hydrogen) atoms. The number of nitrogens with zero attached hydrogens (tertiary/aromatic N) is 2. The summed E-state index contributed by atoms with van der Waals surface area (Å²) in [5, 5.41) is 2.80. The van der Waals surface area contributed by atoms with Crippen molar-refractivity contribution in [2.45, 2.75) is 39.2 Å². The van der Waals surface area contributed by atoms with Crippen LogP contribution in [0.4, 0.5) is 17.1 Å². The van der Waals surface area contributed by atoms with Crippen molar-refractivity contribution in [3.8, 4) is 0 Å². The second kappa shape index (κ2) is 8.69. The van der Waals surface area contributed by atoms with E-state index < -0.39 is 29.9 Å². The zero-order valence-electron chi connectivity index (χ0n) is 19.0. The van der Waals surface area contributed by atoms with E-state index in [0.29, 0.717) is 11.4 Å². The molecule has 0 aliphatic carbocycles. The average molecular weight is 450 g/mol. The summed E-state index contributed by atoms with van der Waals surface area (Å²) in [7, 11) is 0. The first-order valence-corrected chi connectivity index (χ1v) is 11.0. The molecule has 0 spiro atoms. The zero-order valence-corrected chi connectivity index (χ0v) is 19.0. The number of amides is 3. The van der Waals surface area contributed by atoms with Crippen LogP contribution in [0.2, 0.25) is 0 Å². The van der Waals surface area contributed by atoms with Crippen LogP contribution in [-0.2, 0) is 30.3 Å². The third kappa shape index (κ3) is 4.08. The molecule has 1 atom stereocenters. The highest BCUT2D eigenvalue weighted by atomic mass is 16.5. The molecule has 8 nitrogen and oxygen atoms in total. The van der Waals surface area contributed by atoms with E-state index in [9.17, 15) is 19.2 Å². The van der Waals surface area contributed by atoms with Crippen LogP contribution < -0.4 is 15.1 Å². The molecule has 0 aromatic heterocycles. The van der Waals surface area contributed by atoms with Gasteiger partial charge in [0.2, 0.25) is 11.8 Å². The second-order valence-electron chi connectivity index (χ2n) is 8.75. The highest BCUT2D eigenvalue weighted by molar-refractivity contribution is 6.14. The summed E-state index contributed by atoms with van der Waals surface area (Å²) in [5.41, 5.74) is 1.74. The van der Waals surface area contributed by atoms with Crippen LogP contribution >= 0.6 is 0 Å². The van der Waals surface area contributed by atoms with Crippen LogP contribution in [-0.4, -0.2) is 42.4 Å². The molecule has 4 rings (SSSR count). The summed E-state index contributed by atoms with van der Waals surface area (Å²) in [4.78, 5) is 53.9. The van der Waals surface area contributed by atoms with Crippen molar-refractivity contribution in [3.63, 3.8) is 0 Å². The minimum absolute atomic E-state index is 0.0333. The van der Waals surface area contributed by atoms with Gasteiger partial charge in [-0.05, 0) is 44.0 Å². The van der Waals surface area contributed by atoms with Gasteiger partial charge in [-0.15, -0.1) is 0 Å². The van der Waals surface area contributed by atoms with Crippen molar-refractivity contribution in [1.29, 1.82) is 0 Å². The monoisotopic (exact) mass is 449 g/mol. The molecule has 2 heterocycles. The van der Waals surface area contributed by atoms with E-state index in [-0.39, 0.29) is 24.8 Å². The number of hydrogen-bond acceptors (Lipinski definition) is 5. The number of ether oxygens (including phenoxy) is 1. The minimum Gasteiger partial charge on any atom is -0.455 e. The Morgan fingerprint density at radius 1 is 1.06 bits per heavy atom. The standard InChI is InChI=1S/C25H27N3O5/c1-4-16-9-5-7-11-19(16)27-14-17(13-21(27)29)23(31)33-15-22(30)28-20-12-8-6-10-18(20)26-24(32)25(28,2)3/h5-12,17H,4,13-15H2,1-3H3,(H,26,32)/t17-/m1/s1. The first-order valence-electron chi connectivity index (χ1n) is 11.0. The minimum atomic E-state index is -1.15. The maximum Gasteiger partial charge on any atom is 0.311 e. The second-order valence-corrected chi connectivity index (χ2v) is 8.75. The lowest BCUT2D eigenvalue weighted by Gasteiger charge is -2.41. The highest BCUT2D eigenvalue weighted by Gasteiger charge is 2.44. The van der Waals surface area contributed by atoms with Crippen LogP contribution in [0.5, 0.6) is 0 Å². The molecule has 1 fully saturated rings. The number of esters is 1. The molecule has 3 amide bonds. The lowest BCUT2D eigenvalue weighted by Crippen LogP contribution is -2.59. The summed E-state index contributed by atoms with van der Waals surface area (Å²) in [6.45, 7) is 4.98. The molecule has 0 radical (unpaired) electrons. The van der Waals surface area contributed by atoms with Crippen molar-refractivity contribution >= 4 is 40.8 Å². The van der Waals surface area contributed by atoms with Crippen molar-refractivity contribution < 1.29 is 23.9 Å². The third-order valence-corrected chi connectivity index (χ3v) is 6.22. The van der Waals surface area contributed by atoms with E-state index in [4.69, 9.17) is 4.74 Å². The topological polar surface area (TPSA) is 96.0 Å². The number of fused-ring (bicyclic) bond motifs is 1. The summed E-state index contributed by atoms with van der Waals surface area (Å²) < 4.78 is 5.33. The van der Waals surface area contributed by atoms with Gasteiger partial charge in [0.15, 0.2) is 6.61 Å². The molecule has 2 aliphatic heterocycles. The van der Waals surface area contributed by atoms with Gasteiger partial charge in [-0.3, -0.25) is 24.1 Å². The largest absolute Gasteiger partial charge is 0.455 e. The molecule has 0 unspecified atom stereocenters. The van der Waals surface area contributed by atoms with Crippen molar-refractivity contribution in [2.24, 2.45) is 5.92 Å². The Morgan fingerprint density at radius 3 is 2.45 bits per heavy atom. The Kier molecular flexibility index (Phi) is 5.93. The predicted molar refractivity (Wildman–Crippen MR) is 124 cm³/mol.